The van der Waals surface area contributed by atoms with Gasteiger partial charge >= 0.3 is 0 Å². The molecule has 0 aliphatic rings. The molecule has 0 aromatic carbocycles. The molecule has 82 valence electrons. The maximum atomic E-state index is 11.0. The summed E-state index contributed by atoms with van der Waals surface area (Å²) in [5.74, 6) is -0.0977. The molecule has 0 atom stereocenters. The van der Waals surface area contributed by atoms with Gasteiger partial charge in [0.15, 0.2) is 0 Å². The Kier molecular flexibility index (Phi) is 4.33. The van der Waals surface area contributed by atoms with E-state index in [0.717, 1.165) is 11.0 Å². The number of rotatable bonds is 5. The Bertz CT molecular complexity index is 214. The fourth-order valence-corrected chi connectivity index (χ4v) is 1.74. The van der Waals surface area contributed by atoms with Gasteiger partial charge in [-0.25, -0.2) is 0 Å². The molecule has 0 unspecified atom stereocenters. The number of carbonyl (C=O) groups is 1. The van der Waals surface area contributed by atoms with Gasteiger partial charge in [0, 0.05) is 12.0 Å². The molecule has 0 rings (SSSR count). The molecule has 1 N–H and O–H groups in total. The van der Waals surface area contributed by atoms with Crippen molar-refractivity contribution in [3.63, 3.8) is 0 Å². The molecule has 0 spiro atoms. The number of hydrogen-bond donors (Lipinski definition) is 1. The first kappa shape index (κ1) is 13.2. The van der Waals surface area contributed by atoms with E-state index in [9.17, 15) is 4.79 Å². The van der Waals surface area contributed by atoms with Crippen LogP contribution in [-0.2, 0) is 4.79 Å². The van der Waals surface area contributed by atoms with Gasteiger partial charge in [-0.3, -0.25) is 4.79 Å². The molecule has 0 heterocycles. The standard InChI is InChI=1S/C11H22N2O/c1-7-10(14)12-8-11(2,3)9-13(4,5)6/h7H,1,8-9H2,2-6H3/p+1. The van der Waals surface area contributed by atoms with Crippen LogP contribution in [0.25, 0.3) is 0 Å². The van der Waals surface area contributed by atoms with Gasteiger partial charge in [-0.1, -0.05) is 20.4 Å². The van der Waals surface area contributed by atoms with Gasteiger partial charge in [-0.05, 0) is 6.08 Å². The molecule has 0 aliphatic carbocycles. The third kappa shape index (κ3) is 6.66. The average Bonchev–Trinajstić information content (AvgIpc) is 1.96. The molecule has 0 aromatic rings. The SMILES string of the molecule is C=CC(=O)NCC(C)(C)C[N+](C)(C)C. The van der Waals surface area contributed by atoms with Gasteiger partial charge in [0.05, 0.1) is 27.7 Å². The summed E-state index contributed by atoms with van der Waals surface area (Å²) < 4.78 is 0.900. The monoisotopic (exact) mass is 199 g/mol. The van der Waals surface area contributed by atoms with E-state index in [2.05, 4.69) is 46.9 Å². The van der Waals surface area contributed by atoms with Gasteiger partial charge in [0.2, 0.25) is 5.91 Å². The normalized spacial score (nSPS) is 12.4. The van der Waals surface area contributed by atoms with E-state index in [1.54, 1.807) is 0 Å². The zero-order valence-corrected chi connectivity index (χ0v) is 10.1. The van der Waals surface area contributed by atoms with E-state index in [-0.39, 0.29) is 11.3 Å². The van der Waals surface area contributed by atoms with E-state index in [1.165, 1.54) is 6.08 Å². The minimum atomic E-state index is -0.0977. The highest BCUT2D eigenvalue weighted by atomic mass is 16.1. The van der Waals surface area contributed by atoms with Crippen molar-refractivity contribution in [1.82, 2.24) is 5.32 Å². The number of amides is 1. The lowest BCUT2D eigenvalue weighted by Crippen LogP contribution is -2.47. The lowest BCUT2D eigenvalue weighted by molar-refractivity contribution is -0.876. The van der Waals surface area contributed by atoms with Gasteiger partial charge in [0.1, 0.15) is 0 Å². The quantitative estimate of drug-likeness (QED) is 0.520. The molecule has 0 radical (unpaired) electrons. The van der Waals surface area contributed by atoms with E-state index in [1.807, 2.05) is 0 Å². The molecule has 0 saturated heterocycles. The summed E-state index contributed by atoms with van der Waals surface area (Å²) in [6.45, 7) is 9.43. The van der Waals surface area contributed by atoms with Crippen molar-refractivity contribution in [2.45, 2.75) is 13.8 Å². The molecular formula is C11H23N2O+. The number of nitrogens with one attached hydrogen (secondary N) is 1. The lowest BCUT2D eigenvalue weighted by atomic mass is 9.92. The Labute approximate surface area is 87.4 Å². The van der Waals surface area contributed by atoms with Gasteiger partial charge < -0.3 is 9.80 Å². The van der Waals surface area contributed by atoms with E-state index < -0.39 is 0 Å². The molecule has 3 nitrogen and oxygen atoms in total. The smallest absolute Gasteiger partial charge is 0.243 e. The van der Waals surface area contributed by atoms with Crippen molar-refractivity contribution >= 4 is 5.91 Å². The number of quaternary nitrogens is 1. The van der Waals surface area contributed by atoms with Crippen molar-refractivity contribution < 1.29 is 9.28 Å². The van der Waals surface area contributed by atoms with Crippen molar-refractivity contribution in [1.29, 1.82) is 0 Å². The van der Waals surface area contributed by atoms with Crippen molar-refractivity contribution in [2.24, 2.45) is 5.41 Å². The molecule has 0 aromatic heterocycles. The van der Waals surface area contributed by atoms with Crippen LogP contribution in [0.2, 0.25) is 0 Å². The first-order chi connectivity index (χ1) is 6.16. The third-order valence-corrected chi connectivity index (χ3v) is 1.83. The summed E-state index contributed by atoms with van der Waals surface area (Å²) in [7, 11) is 6.45. The topological polar surface area (TPSA) is 29.1 Å². The molecule has 0 fully saturated rings. The van der Waals surface area contributed by atoms with Crippen LogP contribution >= 0.6 is 0 Å². The van der Waals surface area contributed by atoms with Crippen LogP contribution in [-0.4, -0.2) is 44.6 Å². The zero-order valence-electron chi connectivity index (χ0n) is 10.1. The predicted molar refractivity (Wildman–Crippen MR) is 59.9 cm³/mol. The highest BCUT2D eigenvalue weighted by molar-refractivity contribution is 5.86. The van der Waals surface area contributed by atoms with E-state index >= 15 is 0 Å². The average molecular weight is 199 g/mol. The predicted octanol–water partition coefficient (Wildman–Crippen LogP) is 1.02. The Morgan fingerprint density at radius 3 is 2.29 bits per heavy atom. The highest BCUT2D eigenvalue weighted by Gasteiger charge is 2.25. The maximum Gasteiger partial charge on any atom is 0.243 e. The summed E-state index contributed by atoms with van der Waals surface area (Å²) in [6.07, 6.45) is 1.31. The second-order valence-corrected chi connectivity index (χ2v) is 5.53. The van der Waals surface area contributed by atoms with Gasteiger partial charge in [-0.15, -0.1) is 0 Å². The van der Waals surface area contributed by atoms with Crippen LogP contribution in [0.4, 0.5) is 0 Å². The summed E-state index contributed by atoms with van der Waals surface area (Å²) >= 11 is 0. The molecule has 14 heavy (non-hydrogen) atoms. The summed E-state index contributed by atoms with van der Waals surface area (Å²) in [6, 6.07) is 0. The van der Waals surface area contributed by atoms with Crippen LogP contribution < -0.4 is 5.32 Å². The van der Waals surface area contributed by atoms with Crippen LogP contribution in [0.5, 0.6) is 0 Å². The molecule has 3 heteroatoms. The fraction of sp³-hybridized carbons (Fsp3) is 0.727. The second kappa shape index (κ2) is 4.60. The van der Waals surface area contributed by atoms with Crippen molar-refractivity contribution in [3.8, 4) is 0 Å². The Morgan fingerprint density at radius 2 is 1.93 bits per heavy atom. The van der Waals surface area contributed by atoms with Crippen molar-refractivity contribution in [2.75, 3.05) is 34.2 Å². The molecule has 0 aliphatic heterocycles. The van der Waals surface area contributed by atoms with Crippen LogP contribution in [0, 0.1) is 5.41 Å². The summed E-state index contributed by atoms with van der Waals surface area (Å²) in [4.78, 5) is 11.0. The molecule has 0 bridgehead atoms. The Balaban J connectivity index is 4.08. The summed E-state index contributed by atoms with van der Waals surface area (Å²) in [5.41, 5.74) is 0.108. The van der Waals surface area contributed by atoms with Crippen molar-refractivity contribution in [3.05, 3.63) is 12.7 Å². The fourth-order valence-electron chi connectivity index (χ4n) is 1.74. The van der Waals surface area contributed by atoms with E-state index in [4.69, 9.17) is 0 Å². The lowest BCUT2D eigenvalue weighted by Gasteiger charge is -2.34. The first-order valence-electron chi connectivity index (χ1n) is 4.87. The minimum absolute atomic E-state index is 0.0977. The minimum Gasteiger partial charge on any atom is -0.352 e. The third-order valence-electron chi connectivity index (χ3n) is 1.83. The van der Waals surface area contributed by atoms with Gasteiger partial charge in [-0.2, -0.15) is 0 Å². The summed E-state index contributed by atoms with van der Waals surface area (Å²) in [5, 5.41) is 2.83. The Morgan fingerprint density at radius 1 is 1.43 bits per heavy atom. The second-order valence-electron chi connectivity index (χ2n) is 5.53. The Hall–Kier alpha value is -0.830. The van der Waals surface area contributed by atoms with Crippen LogP contribution in [0.3, 0.4) is 0 Å². The number of nitrogens with zero attached hydrogens (tertiary/aromatic N) is 1. The molecule has 1 amide bonds. The highest BCUT2D eigenvalue weighted by Crippen LogP contribution is 2.16. The van der Waals surface area contributed by atoms with Gasteiger partial charge in [0.25, 0.3) is 0 Å². The molecular weight excluding hydrogens is 176 g/mol. The number of carbonyl (C=O) groups excluding carboxylic acids is 1. The molecule has 0 saturated carbocycles. The largest absolute Gasteiger partial charge is 0.352 e. The first-order valence-corrected chi connectivity index (χ1v) is 4.87. The number of hydrogen-bond acceptors (Lipinski definition) is 1. The zero-order chi connectivity index (χ0) is 11.4. The maximum absolute atomic E-state index is 11.0. The van der Waals surface area contributed by atoms with Crippen LogP contribution in [0.15, 0.2) is 12.7 Å². The van der Waals surface area contributed by atoms with Crippen LogP contribution in [0.1, 0.15) is 13.8 Å². The van der Waals surface area contributed by atoms with E-state index in [0.29, 0.717) is 6.54 Å².